The second-order valence-corrected chi connectivity index (χ2v) is 7.25. The van der Waals surface area contributed by atoms with Gasteiger partial charge in [0.25, 0.3) is 0 Å². The van der Waals surface area contributed by atoms with Gasteiger partial charge in [0.05, 0.1) is 6.61 Å². The smallest absolute Gasteiger partial charge is 0.350 e. The second-order valence-electron chi connectivity index (χ2n) is 6.34. The summed E-state index contributed by atoms with van der Waals surface area (Å²) in [6.45, 7) is 0.295. The molecule has 3 aromatic carbocycles. The maximum absolute atomic E-state index is 12.8. The van der Waals surface area contributed by atoms with Gasteiger partial charge in [-0.2, -0.15) is 0 Å². The van der Waals surface area contributed by atoms with E-state index in [1.807, 2.05) is 36.4 Å². The first-order valence-corrected chi connectivity index (χ1v) is 9.33. The van der Waals surface area contributed by atoms with Crippen molar-refractivity contribution in [1.82, 2.24) is 0 Å². The summed E-state index contributed by atoms with van der Waals surface area (Å²) in [7, 11) is 0. The van der Waals surface area contributed by atoms with Crippen molar-refractivity contribution in [1.29, 1.82) is 0 Å². The Morgan fingerprint density at radius 2 is 1.63 bits per heavy atom. The topological polar surface area (TPSA) is 55.8 Å². The largest absolute Gasteiger partial charge is 0.429 e. The van der Waals surface area contributed by atoms with Crippen LogP contribution in [0.3, 0.4) is 0 Å². The lowest BCUT2D eigenvalue weighted by atomic mass is 9.82. The number of rotatable bonds is 4. The van der Waals surface area contributed by atoms with Gasteiger partial charge < -0.3 is 14.6 Å². The Morgan fingerprint density at radius 3 is 2.37 bits per heavy atom. The average Bonchev–Trinajstić information content (AvgIpc) is 2.71. The van der Waals surface area contributed by atoms with Gasteiger partial charge in [-0.15, -0.1) is 0 Å². The molecule has 0 aliphatic carbocycles. The molecule has 0 radical (unpaired) electrons. The highest BCUT2D eigenvalue weighted by Crippen LogP contribution is 2.42. The van der Waals surface area contributed by atoms with Crippen LogP contribution in [0.2, 0.25) is 0 Å². The fourth-order valence-electron chi connectivity index (χ4n) is 3.22. The first kappa shape index (κ1) is 17.9. The molecule has 0 aromatic heterocycles. The number of esters is 1. The van der Waals surface area contributed by atoms with Gasteiger partial charge in [-0.05, 0) is 23.3 Å². The average molecular weight is 425 g/mol. The molecule has 0 bridgehead atoms. The molecule has 4 rings (SSSR count). The summed E-state index contributed by atoms with van der Waals surface area (Å²) < 4.78 is 12.2. The molecule has 0 amide bonds. The van der Waals surface area contributed by atoms with Crippen LogP contribution in [0, 0.1) is 0 Å². The maximum Gasteiger partial charge on any atom is 0.350 e. The quantitative estimate of drug-likeness (QED) is 0.628. The molecule has 0 saturated carbocycles. The third-order valence-electron chi connectivity index (χ3n) is 4.62. The van der Waals surface area contributed by atoms with E-state index in [0.717, 1.165) is 10.0 Å². The van der Waals surface area contributed by atoms with Gasteiger partial charge in [0.1, 0.15) is 0 Å². The summed E-state index contributed by atoms with van der Waals surface area (Å²) in [5.41, 5.74) is 0.661. The molecule has 1 heterocycles. The fraction of sp³-hybridized carbons (Fsp3) is 0.136. The highest BCUT2D eigenvalue weighted by Gasteiger charge is 2.49. The molecule has 1 N–H and O–H groups in total. The number of halogens is 1. The Morgan fingerprint density at radius 1 is 0.963 bits per heavy atom. The van der Waals surface area contributed by atoms with Crippen LogP contribution in [-0.2, 0) is 26.5 Å². The molecule has 1 aliphatic heterocycles. The molecule has 0 fully saturated rings. The van der Waals surface area contributed by atoms with Crippen LogP contribution in [0.5, 0.6) is 0 Å². The van der Waals surface area contributed by atoms with E-state index in [2.05, 4.69) is 15.9 Å². The van der Waals surface area contributed by atoms with E-state index in [1.54, 1.807) is 42.5 Å². The molecule has 2 unspecified atom stereocenters. The van der Waals surface area contributed by atoms with Crippen LogP contribution in [0.4, 0.5) is 0 Å². The number of carbonyl (C=O) groups is 1. The predicted octanol–water partition coefficient (Wildman–Crippen LogP) is 4.46. The molecule has 136 valence electrons. The zero-order valence-corrected chi connectivity index (χ0v) is 15.9. The number of fused-ring (bicyclic) bond motifs is 1. The summed E-state index contributed by atoms with van der Waals surface area (Å²) in [6.07, 6.45) is -0.871. The lowest BCUT2D eigenvalue weighted by molar-refractivity contribution is -0.207. The van der Waals surface area contributed by atoms with E-state index in [4.69, 9.17) is 9.47 Å². The van der Waals surface area contributed by atoms with Crippen LogP contribution in [0.15, 0.2) is 83.3 Å². The number of carbonyl (C=O) groups excluding carboxylic acids is 1. The molecule has 1 aliphatic rings. The normalized spacial score (nSPS) is 21.4. The van der Waals surface area contributed by atoms with E-state index >= 15 is 0 Å². The van der Waals surface area contributed by atoms with Crippen molar-refractivity contribution < 1.29 is 19.4 Å². The number of cyclic esters (lactones) is 1. The first-order valence-electron chi connectivity index (χ1n) is 8.53. The molecule has 0 spiro atoms. The standard InChI is InChI=1S/C22H17BrO4/c23-17-12-10-16(11-13-17)22(25)19-9-5-4-8-18(19)20(27-21(22)24)26-14-15-6-2-1-3-7-15/h1-13,20,25H,14H2. The van der Waals surface area contributed by atoms with Crippen LogP contribution in [-0.4, -0.2) is 11.1 Å². The highest BCUT2D eigenvalue weighted by molar-refractivity contribution is 9.10. The minimum Gasteiger partial charge on any atom is -0.429 e. The van der Waals surface area contributed by atoms with Crippen LogP contribution in [0.1, 0.15) is 28.5 Å². The van der Waals surface area contributed by atoms with E-state index in [9.17, 15) is 9.90 Å². The van der Waals surface area contributed by atoms with Gasteiger partial charge in [0, 0.05) is 15.6 Å². The van der Waals surface area contributed by atoms with Gasteiger partial charge in [-0.25, -0.2) is 4.79 Å². The second kappa shape index (κ2) is 7.27. The van der Waals surface area contributed by atoms with E-state index in [-0.39, 0.29) is 0 Å². The lowest BCUT2D eigenvalue weighted by Gasteiger charge is -2.36. The van der Waals surface area contributed by atoms with Crippen molar-refractivity contribution in [2.45, 2.75) is 18.5 Å². The maximum atomic E-state index is 12.8. The molecule has 2 atom stereocenters. The minimum atomic E-state index is -1.87. The number of hydrogen-bond acceptors (Lipinski definition) is 4. The molecule has 0 saturated heterocycles. The fourth-order valence-corrected chi connectivity index (χ4v) is 3.49. The predicted molar refractivity (Wildman–Crippen MR) is 104 cm³/mol. The number of ether oxygens (including phenoxy) is 2. The number of hydrogen-bond donors (Lipinski definition) is 1. The van der Waals surface area contributed by atoms with Crippen molar-refractivity contribution in [3.05, 3.63) is 106 Å². The summed E-state index contributed by atoms with van der Waals surface area (Å²) in [5, 5.41) is 11.3. The van der Waals surface area contributed by atoms with Crippen molar-refractivity contribution in [2.24, 2.45) is 0 Å². The summed E-state index contributed by atoms with van der Waals surface area (Å²) >= 11 is 3.37. The molecule has 27 heavy (non-hydrogen) atoms. The third kappa shape index (κ3) is 3.30. The lowest BCUT2D eigenvalue weighted by Crippen LogP contribution is -2.44. The van der Waals surface area contributed by atoms with Gasteiger partial charge >= 0.3 is 5.97 Å². The summed E-state index contributed by atoms with van der Waals surface area (Å²) in [6, 6.07) is 23.8. The van der Waals surface area contributed by atoms with Crippen molar-refractivity contribution in [2.75, 3.05) is 0 Å². The van der Waals surface area contributed by atoms with E-state index < -0.39 is 17.9 Å². The Hall–Kier alpha value is -2.47. The van der Waals surface area contributed by atoms with Crippen LogP contribution in [0.25, 0.3) is 0 Å². The van der Waals surface area contributed by atoms with Gasteiger partial charge in [0.2, 0.25) is 11.9 Å². The molecule has 5 heteroatoms. The molecule has 4 nitrogen and oxygen atoms in total. The van der Waals surface area contributed by atoms with Gasteiger partial charge in [0.15, 0.2) is 0 Å². The first-order chi connectivity index (χ1) is 13.1. The van der Waals surface area contributed by atoms with Gasteiger partial charge in [-0.1, -0.05) is 82.7 Å². The highest BCUT2D eigenvalue weighted by atomic mass is 79.9. The zero-order chi connectivity index (χ0) is 18.9. The number of benzene rings is 3. The summed E-state index contributed by atoms with van der Waals surface area (Å²) in [5.74, 6) is -0.749. The van der Waals surface area contributed by atoms with Crippen LogP contribution < -0.4 is 0 Å². The Kier molecular flexibility index (Phi) is 4.83. The van der Waals surface area contributed by atoms with Gasteiger partial charge in [-0.3, -0.25) is 0 Å². The third-order valence-corrected chi connectivity index (χ3v) is 5.15. The van der Waals surface area contributed by atoms with Crippen LogP contribution >= 0.6 is 15.9 Å². The SMILES string of the molecule is O=C1OC(OCc2ccccc2)c2ccccc2C1(O)c1ccc(Br)cc1. The van der Waals surface area contributed by atoms with E-state index in [0.29, 0.717) is 23.3 Å². The zero-order valence-electron chi connectivity index (χ0n) is 14.3. The van der Waals surface area contributed by atoms with Crippen molar-refractivity contribution in [3.63, 3.8) is 0 Å². The van der Waals surface area contributed by atoms with E-state index in [1.165, 1.54) is 0 Å². The van der Waals surface area contributed by atoms with Crippen molar-refractivity contribution in [3.8, 4) is 0 Å². The molecular formula is C22H17BrO4. The Labute approximate surface area is 165 Å². The monoisotopic (exact) mass is 424 g/mol. The minimum absolute atomic E-state index is 0.295. The Bertz CT molecular complexity index is 956. The van der Waals surface area contributed by atoms with Crippen molar-refractivity contribution >= 4 is 21.9 Å². The molecule has 3 aromatic rings. The Balaban J connectivity index is 1.70. The molecular weight excluding hydrogens is 408 g/mol. The summed E-state index contributed by atoms with van der Waals surface area (Å²) in [4.78, 5) is 12.8. The number of aliphatic hydroxyl groups is 1.